The van der Waals surface area contributed by atoms with Gasteiger partial charge in [0.1, 0.15) is 18.0 Å². The number of aromatic amines is 1. The molecule has 1 aromatic carbocycles. The Bertz CT molecular complexity index is 1230. The van der Waals surface area contributed by atoms with Gasteiger partial charge in [-0.2, -0.15) is 0 Å². The maximum Gasteiger partial charge on any atom is 0.330 e. The first-order valence-electron chi connectivity index (χ1n) is 12.3. The fourth-order valence-electron chi connectivity index (χ4n) is 4.43. The molecule has 35 heavy (non-hydrogen) atoms. The largest absolute Gasteiger partial charge is 0.394 e. The van der Waals surface area contributed by atoms with E-state index in [1.54, 1.807) is 10.9 Å². The molecule has 3 aromatic rings. The third-order valence-electron chi connectivity index (χ3n) is 6.38. The lowest BCUT2D eigenvalue weighted by Gasteiger charge is -2.14. The van der Waals surface area contributed by atoms with E-state index in [9.17, 15) is 19.8 Å². The van der Waals surface area contributed by atoms with E-state index in [4.69, 9.17) is 4.74 Å². The van der Waals surface area contributed by atoms with Crippen molar-refractivity contribution in [3.05, 3.63) is 68.6 Å². The van der Waals surface area contributed by atoms with Crippen LogP contribution in [0.5, 0.6) is 0 Å². The number of ether oxygens (including phenoxy) is 1. The van der Waals surface area contributed by atoms with E-state index in [0.29, 0.717) is 12.2 Å². The number of aliphatic hydroxyl groups is 2. The number of nitrogens with one attached hydrogen (secondary N) is 1. The van der Waals surface area contributed by atoms with E-state index >= 15 is 0 Å². The van der Waals surface area contributed by atoms with Crippen LogP contribution in [0.4, 0.5) is 0 Å². The number of unbranched alkanes of at least 4 members (excludes halogenated alkanes) is 4. The minimum Gasteiger partial charge on any atom is -0.394 e. The van der Waals surface area contributed by atoms with Gasteiger partial charge in [0.2, 0.25) is 0 Å². The van der Waals surface area contributed by atoms with Crippen molar-refractivity contribution < 1.29 is 14.9 Å². The van der Waals surface area contributed by atoms with Crippen LogP contribution in [-0.4, -0.2) is 53.6 Å². The monoisotopic (exact) mass is 483 g/mol. The number of aromatic nitrogens is 5. The first-order valence-corrected chi connectivity index (χ1v) is 12.3. The second-order valence-corrected chi connectivity index (χ2v) is 9.11. The molecule has 0 unspecified atom stereocenters. The van der Waals surface area contributed by atoms with Crippen molar-refractivity contribution in [2.75, 3.05) is 6.61 Å². The molecule has 0 amide bonds. The van der Waals surface area contributed by atoms with Gasteiger partial charge >= 0.3 is 5.69 Å². The number of rotatable bonds is 11. The molecule has 3 N–H and O–H groups in total. The van der Waals surface area contributed by atoms with Gasteiger partial charge in [-0.25, -0.2) is 9.48 Å². The Balaban J connectivity index is 1.47. The second kappa shape index (κ2) is 11.6. The van der Waals surface area contributed by atoms with Crippen molar-refractivity contribution in [3.8, 4) is 11.3 Å². The summed E-state index contributed by atoms with van der Waals surface area (Å²) in [4.78, 5) is 27.1. The average Bonchev–Trinajstić information content (AvgIpc) is 3.45. The molecule has 0 saturated carbocycles. The molecule has 3 heterocycles. The fourth-order valence-corrected chi connectivity index (χ4v) is 4.43. The van der Waals surface area contributed by atoms with Crippen LogP contribution in [-0.2, 0) is 17.7 Å². The van der Waals surface area contributed by atoms with Gasteiger partial charge in [0.15, 0.2) is 0 Å². The summed E-state index contributed by atoms with van der Waals surface area (Å²) in [5, 5.41) is 27.6. The molecule has 10 heteroatoms. The summed E-state index contributed by atoms with van der Waals surface area (Å²) in [7, 11) is 0. The predicted molar refractivity (Wildman–Crippen MR) is 130 cm³/mol. The smallest absolute Gasteiger partial charge is 0.330 e. The maximum atomic E-state index is 12.5. The number of aryl methyl sites for hydroxylation is 1. The van der Waals surface area contributed by atoms with Gasteiger partial charge in [0, 0.05) is 12.6 Å². The lowest BCUT2D eigenvalue weighted by Crippen LogP contribution is -2.33. The molecule has 188 valence electrons. The average molecular weight is 484 g/mol. The number of hydrogen-bond acceptors (Lipinski definition) is 7. The number of nitrogens with zero attached hydrogens (tertiary/aromatic N) is 4. The Morgan fingerprint density at radius 3 is 2.71 bits per heavy atom. The zero-order chi connectivity index (χ0) is 24.8. The fraction of sp³-hybridized carbons (Fsp3) is 0.520. The summed E-state index contributed by atoms with van der Waals surface area (Å²) >= 11 is 0. The third-order valence-corrected chi connectivity index (χ3v) is 6.38. The first kappa shape index (κ1) is 25.0. The van der Waals surface area contributed by atoms with E-state index < -0.39 is 29.7 Å². The topological polar surface area (TPSA) is 135 Å². The van der Waals surface area contributed by atoms with Crippen molar-refractivity contribution >= 4 is 0 Å². The molecule has 0 spiro atoms. The van der Waals surface area contributed by atoms with Gasteiger partial charge in [-0.15, -0.1) is 5.10 Å². The minimum absolute atomic E-state index is 0.123. The Morgan fingerprint density at radius 2 is 1.94 bits per heavy atom. The Kier molecular flexibility index (Phi) is 8.27. The summed E-state index contributed by atoms with van der Waals surface area (Å²) in [6, 6.07) is 8.40. The number of H-pyrrole nitrogens is 1. The summed E-state index contributed by atoms with van der Waals surface area (Å²) < 4.78 is 8.42. The lowest BCUT2D eigenvalue weighted by atomic mass is 10.0. The quantitative estimate of drug-likeness (QED) is 0.355. The molecule has 2 aromatic heterocycles. The van der Waals surface area contributed by atoms with Gasteiger partial charge in [-0.3, -0.25) is 14.3 Å². The van der Waals surface area contributed by atoms with Gasteiger partial charge < -0.3 is 14.9 Å². The highest BCUT2D eigenvalue weighted by molar-refractivity contribution is 5.54. The Hall–Kier alpha value is -3.08. The second-order valence-electron chi connectivity index (χ2n) is 9.11. The summed E-state index contributed by atoms with van der Waals surface area (Å²) in [5.41, 5.74) is 1.64. The zero-order valence-electron chi connectivity index (χ0n) is 20.0. The van der Waals surface area contributed by atoms with Gasteiger partial charge in [0.05, 0.1) is 31.0 Å². The third kappa shape index (κ3) is 6.14. The molecule has 10 nitrogen and oxygen atoms in total. The number of benzene rings is 1. The molecule has 1 fully saturated rings. The Labute approximate surface area is 203 Å². The van der Waals surface area contributed by atoms with Crippen molar-refractivity contribution in [1.29, 1.82) is 0 Å². The molecule has 0 aliphatic carbocycles. The SMILES string of the molecule is CCCCCCCc1cccc(Cn2cc(-c3cn([C@H]4C[C@H](O)[C@@H](CO)O4)c(=O)[nH]c3=O)nn2)c1. The summed E-state index contributed by atoms with van der Waals surface area (Å²) in [6.07, 6.45) is 7.94. The van der Waals surface area contributed by atoms with Gasteiger partial charge in [-0.05, 0) is 24.0 Å². The highest BCUT2D eigenvalue weighted by atomic mass is 16.5. The molecular formula is C25H33N5O5. The van der Waals surface area contributed by atoms with Crippen LogP contribution in [0.1, 0.15) is 62.8 Å². The lowest BCUT2D eigenvalue weighted by molar-refractivity contribution is -0.0458. The van der Waals surface area contributed by atoms with Crippen molar-refractivity contribution in [2.45, 2.75) is 76.9 Å². The zero-order valence-corrected chi connectivity index (χ0v) is 20.0. The molecule has 1 saturated heterocycles. The number of hydrogen-bond donors (Lipinski definition) is 3. The van der Waals surface area contributed by atoms with E-state index in [1.165, 1.54) is 48.4 Å². The molecule has 1 aliphatic heterocycles. The molecular weight excluding hydrogens is 450 g/mol. The Morgan fingerprint density at radius 1 is 1.14 bits per heavy atom. The first-order chi connectivity index (χ1) is 17.0. The van der Waals surface area contributed by atoms with Crippen LogP contribution >= 0.6 is 0 Å². The van der Waals surface area contributed by atoms with Crippen LogP contribution in [0.3, 0.4) is 0 Å². The van der Waals surface area contributed by atoms with Crippen molar-refractivity contribution in [3.63, 3.8) is 0 Å². The van der Waals surface area contributed by atoms with Gasteiger partial charge in [0.25, 0.3) is 5.56 Å². The van der Waals surface area contributed by atoms with E-state index in [1.807, 2.05) is 12.1 Å². The van der Waals surface area contributed by atoms with Crippen LogP contribution in [0, 0.1) is 0 Å². The minimum atomic E-state index is -0.903. The van der Waals surface area contributed by atoms with E-state index in [0.717, 1.165) is 12.0 Å². The molecule has 4 rings (SSSR count). The van der Waals surface area contributed by atoms with Crippen molar-refractivity contribution in [2.24, 2.45) is 0 Å². The summed E-state index contributed by atoms with van der Waals surface area (Å²) in [6.45, 7) is 2.36. The molecule has 0 radical (unpaired) electrons. The van der Waals surface area contributed by atoms with Gasteiger partial charge in [-0.1, -0.05) is 62.1 Å². The van der Waals surface area contributed by atoms with E-state index in [-0.39, 0.29) is 18.6 Å². The standard InChI is InChI=1S/C25H33N5O5/c1-2-3-4-5-6-8-17-9-7-10-18(11-17)13-29-15-20(27-28-29)19-14-30(25(34)26-24(19)33)23-12-21(32)22(16-31)35-23/h7,9-11,14-15,21-23,31-32H,2-6,8,12-13,16H2,1H3,(H,26,33,34)/t21-,22+,23+/m0/s1. The van der Waals surface area contributed by atoms with Crippen LogP contribution < -0.4 is 11.2 Å². The number of aliphatic hydroxyl groups excluding tert-OH is 2. The van der Waals surface area contributed by atoms with Crippen LogP contribution in [0.2, 0.25) is 0 Å². The molecule has 3 atom stereocenters. The normalized spacial score (nSPS) is 19.9. The van der Waals surface area contributed by atoms with E-state index in [2.05, 4.69) is 34.4 Å². The van der Waals surface area contributed by atoms with Crippen LogP contribution in [0.25, 0.3) is 11.3 Å². The molecule has 1 aliphatic rings. The highest BCUT2D eigenvalue weighted by Crippen LogP contribution is 2.27. The highest BCUT2D eigenvalue weighted by Gasteiger charge is 2.35. The maximum absolute atomic E-state index is 12.5. The predicted octanol–water partition coefficient (Wildman–Crippen LogP) is 2.00. The van der Waals surface area contributed by atoms with Crippen LogP contribution in [0.15, 0.2) is 46.2 Å². The summed E-state index contributed by atoms with van der Waals surface area (Å²) in [5.74, 6) is 0. The molecule has 0 bridgehead atoms. The van der Waals surface area contributed by atoms with Crippen molar-refractivity contribution in [1.82, 2.24) is 24.5 Å².